The molecule has 1 aliphatic heterocycles. The van der Waals surface area contributed by atoms with Gasteiger partial charge in [-0.3, -0.25) is 0 Å². The fraction of sp³-hybridized carbons (Fsp3) is 0.889. The highest BCUT2D eigenvalue weighted by atomic mass is 16.5. The minimum absolute atomic E-state index is 0.746. The Kier molecular flexibility index (Phi) is 3.87. The molecule has 2 heteroatoms. The first-order valence-electron chi connectivity index (χ1n) is 4.37. The maximum absolute atomic E-state index is 5.13. The lowest BCUT2D eigenvalue weighted by Gasteiger charge is -2.31. The summed E-state index contributed by atoms with van der Waals surface area (Å²) >= 11 is 0. The van der Waals surface area contributed by atoms with Gasteiger partial charge in [-0.05, 0) is 38.8 Å². The van der Waals surface area contributed by atoms with Crippen LogP contribution in [0.15, 0.2) is 0 Å². The Labute approximate surface area is 69.5 Å². The summed E-state index contributed by atoms with van der Waals surface area (Å²) in [7, 11) is 1.78. The molecule has 0 N–H and O–H groups in total. The number of hydrogen-bond donors (Lipinski definition) is 0. The van der Waals surface area contributed by atoms with Crippen molar-refractivity contribution in [2.75, 3.05) is 33.4 Å². The molecule has 0 aromatic carbocycles. The van der Waals surface area contributed by atoms with Crippen LogP contribution in [0.5, 0.6) is 0 Å². The van der Waals surface area contributed by atoms with E-state index in [4.69, 9.17) is 4.74 Å². The van der Waals surface area contributed by atoms with E-state index >= 15 is 0 Å². The van der Waals surface area contributed by atoms with Crippen LogP contribution < -0.4 is 0 Å². The average Bonchev–Trinajstić information content (AvgIpc) is 2.06. The number of likely N-dealkylation sites (tertiary alicyclic amines) is 1. The fourth-order valence-corrected chi connectivity index (χ4v) is 1.73. The molecular formula is C9H18NO. The van der Waals surface area contributed by atoms with Gasteiger partial charge < -0.3 is 9.64 Å². The predicted octanol–water partition coefficient (Wildman–Crippen LogP) is 1.18. The van der Waals surface area contributed by atoms with E-state index < -0.39 is 0 Å². The molecule has 0 saturated carbocycles. The minimum Gasteiger partial charge on any atom is -0.384 e. The second kappa shape index (κ2) is 4.73. The van der Waals surface area contributed by atoms with E-state index in [1.54, 1.807) is 7.11 Å². The van der Waals surface area contributed by atoms with E-state index in [9.17, 15) is 0 Å². The highest BCUT2D eigenvalue weighted by Crippen LogP contribution is 2.15. The Hall–Kier alpha value is -0.0800. The number of piperidine rings is 1. The number of methoxy groups -OCH3 is 1. The molecule has 1 fully saturated rings. The van der Waals surface area contributed by atoms with Gasteiger partial charge in [-0.25, -0.2) is 0 Å². The van der Waals surface area contributed by atoms with Crippen LogP contribution in [0.2, 0.25) is 0 Å². The summed E-state index contributed by atoms with van der Waals surface area (Å²) < 4.78 is 5.13. The quantitative estimate of drug-likeness (QED) is 0.608. The number of nitrogens with zero attached hydrogens (tertiary/aromatic N) is 1. The first-order chi connectivity index (χ1) is 5.36. The smallest absolute Gasteiger partial charge is 0.0502 e. The normalized spacial score (nSPS) is 27.3. The van der Waals surface area contributed by atoms with Crippen LogP contribution >= 0.6 is 0 Å². The molecule has 0 aromatic rings. The summed E-state index contributed by atoms with van der Waals surface area (Å²) in [6.45, 7) is 8.15. The van der Waals surface area contributed by atoms with Crippen LogP contribution in [0.4, 0.5) is 0 Å². The van der Waals surface area contributed by atoms with Crippen molar-refractivity contribution in [3.05, 3.63) is 6.92 Å². The van der Waals surface area contributed by atoms with E-state index in [1.807, 2.05) is 0 Å². The molecule has 1 saturated heterocycles. The molecule has 1 radical (unpaired) electrons. The first kappa shape index (κ1) is 9.01. The SMILES string of the molecule is [CH2]CN1CCCC(COC)C1. The van der Waals surface area contributed by atoms with Crippen molar-refractivity contribution in [3.8, 4) is 0 Å². The summed E-state index contributed by atoms with van der Waals surface area (Å²) in [5.41, 5.74) is 0. The summed E-state index contributed by atoms with van der Waals surface area (Å²) in [6.07, 6.45) is 2.63. The van der Waals surface area contributed by atoms with Gasteiger partial charge in [-0.15, -0.1) is 0 Å². The zero-order chi connectivity index (χ0) is 8.10. The molecule has 0 amide bonds. The van der Waals surface area contributed by atoms with E-state index in [0.717, 1.165) is 19.1 Å². The maximum atomic E-state index is 5.13. The third-order valence-corrected chi connectivity index (χ3v) is 2.32. The molecule has 2 nitrogen and oxygen atoms in total. The highest BCUT2D eigenvalue weighted by Gasteiger charge is 2.17. The lowest BCUT2D eigenvalue weighted by atomic mass is 9.99. The van der Waals surface area contributed by atoms with Crippen LogP contribution in [-0.2, 0) is 4.74 Å². The van der Waals surface area contributed by atoms with Crippen molar-refractivity contribution in [3.63, 3.8) is 0 Å². The number of hydrogen-bond acceptors (Lipinski definition) is 2. The second-order valence-corrected chi connectivity index (χ2v) is 3.26. The topological polar surface area (TPSA) is 12.5 Å². The monoisotopic (exact) mass is 156 g/mol. The molecule has 1 unspecified atom stereocenters. The van der Waals surface area contributed by atoms with Crippen molar-refractivity contribution in [2.45, 2.75) is 12.8 Å². The van der Waals surface area contributed by atoms with Crippen LogP contribution in [0.3, 0.4) is 0 Å². The first-order valence-corrected chi connectivity index (χ1v) is 4.37. The standard InChI is InChI=1S/C9H18NO/c1-3-10-6-4-5-9(7-10)8-11-2/h9H,1,3-8H2,2H3. The van der Waals surface area contributed by atoms with Gasteiger partial charge in [0.25, 0.3) is 0 Å². The number of ether oxygens (including phenoxy) is 1. The third kappa shape index (κ3) is 2.80. The highest BCUT2D eigenvalue weighted by molar-refractivity contribution is 4.72. The molecule has 11 heavy (non-hydrogen) atoms. The summed E-state index contributed by atoms with van der Waals surface area (Å²) in [5, 5.41) is 0. The lowest BCUT2D eigenvalue weighted by molar-refractivity contribution is 0.0957. The van der Waals surface area contributed by atoms with Gasteiger partial charge in [0, 0.05) is 13.7 Å². The van der Waals surface area contributed by atoms with Gasteiger partial charge in [0.05, 0.1) is 6.61 Å². The Balaban J connectivity index is 2.21. The summed E-state index contributed by atoms with van der Waals surface area (Å²) in [5.74, 6) is 0.746. The Morgan fingerprint density at radius 1 is 1.64 bits per heavy atom. The van der Waals surface area contributed by atoms with Gasteiger partial charge in [-0.2, -0.15) is 0 Å². The maximum Gasteiger partial charge on any atom is 0.0502 e. The molecule has 1 aliphatic rings. The van der Waals surface area contributed by atoms with E-state index in [-0.39, 0.29) is 0 Å². The van der Waals surface area contributed by atoms with Gasteiger partial charge in [0.1, 0.15) is 0 Å². The zero-order valence-corrected chi connectivity index (χ0v) is 7.38. The molecule has 0 aromatic heterocycles. The lowest BCUT2D eigenvalue weighted by Crippen LogP contribution is -2.36. The van der Waals surface area contributed by atoms with Crippen LogP contribution in [0, 0.1) is 12.8 Å². The molecule has 0 spiro atoms. The van der Waals surface area contributed by atoms with Crippen molar-refractivity contribution in [2.24, 2.45) is 5.92 Å². The Morgan fingerprint density at radius 2 is 2.45 bits per heavy atom. The largest absolute Gasteiger partial charge is 0.384 e. The minimum atomic E-state index is 0.746. The van der Waals surface area contributed by atoms with E-state index in [0.29, 0.717) is 0 Å². The molecule has 0 aliphatic carbocycles. The summed E-state index contributed by atoms with van der Waals surface area (Å²) in [4.78, 5) is 2.40. The van der Waals surface area contributed by atoms with E-state index in [1.165, 1.54) is 25.9 Å². The van der Waals surface area contributed by atoms with Crippen LogP contribution in [0.1, 0.15) is 12.8 Å². The molecular weight excluding hydrogens is 138 g/mol. The second-order valence-electron chi connectivity index (χ2n) is 3.26. The average molecular weight is 156 g/mol. The van der Waals surface area contributed by atoms with E-state index in [2.05, 4.69) is 11.8 Å². The third-order valence-electron chi connectivity index (χ3n) is 2.32. The Morgan fingerprint density at radius 3 is 3.09 bits per heavy atom. The molecule has 1 atom stereocenters. The van der Waals surface area contributed by atoms with Crippen LogP contribution in [0.25, 0.3) is 0 Å². The number of rotatable bonds is 3. The summed E-state index contributed by atoms with van der Waals surface area (Å²) in [6, 6.07) is 0. The van der Waals surface area contributed by atoms with Crippen molar-refractivity contribution < 1.29 is 4.74 Å². The fourth-order valence-electron chi connectivity index (χ4n) is 1.73. The molecule has 65 valence electrons. The molecule has 1 rings (SSSR count). The van der Waals surface area contributed by atoms with Crippen LogP contribution in [-0.4, -0.2) is 38.3 Å². The molecule has 1 heterocycles. The van der Waals surface area contributed by atoms with Crippen molar-refractivity contribution in [1.29, 1.82) is 0 Å². The van der Waals surface area contributed by atoms with Crippen molar-refractivity contribution >= 4 is 0 Å². The predicted molar refractivity (Wildman–Crippen MR) is 46.4 cm³/mol. The van der Waals surface area contributed by atoms with Gasteiger partial charge in [0.2, 0.25) is 0 Å². The van der Waals surface area contributed by atoms with Gasteiger partial charge >= 0.3 is 0 Å². The Bertz CT molecular complexity index is 104. The molecule has 0 bridgehead atoms. The van der Waals surface area contributed by atoms with Gasteiger partial charge in [-0.1, -0.05) is 0 Å². The van der Waals surface area contributed by atoms with Gasteiger partial charge in [0.15, 0.2) is 0 Å². The van der Waals surface area contributed by atoms with Crippen molar-refractivity contribution in [1.82, 2.24) is 4.90 Å². The zero-order valence-electron chi connectivity index (χ0n) is 7.38.